The fourth-order valence-corrected chi connectivity index (χ4v) is 3.22. The Labute approximate surface area is 160 Å². The highest BCUT2D eigenvalue weighted by atomic mass is 35.5. The first-order valence-electron chi connectivity index (χ1n) is 8.48. The third-order valence-corrected chi connectivity index (χ3v) is 4.72. The highest BCUT2D eigenvalue weighted by Gasteiger charge is 2.17. The SMILES string of the molecule is COc1cc(C[NH2+]C2CCCC2)ccc1OCc1ccc(Cl)nc1.[Cl-]. The van der Waals surface area contributed by atoms with Gasteiger partial charge in [-0.05, 0) is 49.9 Å². The van der Waals surface area contributed by atoms with Gasteiger partial charge in [-0.3, -0.25) is 0 Å². The number of ether oxygens (including phenoxy) is 2. The Morgan fingerprint density at radius 3 is 2.56 bits per heavy atom. The second-order valence-corrected chi connectivity index (χ2v) is 6.63. The molecule has 1 aromatic heterocycles. The van der Waals surface area contributed by atoms with E-state index in [2.05, 4.69) is 22.4 Å². The van der Waals surface area contributed by atoms with Crippen molar-refractivity contribution < 1.29 is 27.2 Å². The van der Waals surface area contributed by atoms with Gasteiger partial charge in [0.2, 0.25) is 0 Å². The van der Waals surface area contributed by atoms with Gasteiger partial charge in [0.1, 0.15) is 18.3 Å². The molecule has 0 saturated heterocycles. The van der Waals surface area contributed by atoms with Crippen molar-refractivity contribution in [1.82, 2.24) is 4.98 Å². The molecule has 4 nitrogen and oxygen atoms in total. The molecule has 1 aliphatic rings. The van der Waals surface area contributed by atoms with Crippen LogP contribution in [0.1, 0.15) is 36.8 Å². The zero-order valence-electron chi connectivity index (χ0n) is 14.4. The van der Waals surface area contributed by atoms with Crippen molar-refractivity contribution in [3.8, 4) is 11.5 Å². The van der Waals surface area contributed by atoms with Crippen molar-refractivity contribution in [3.05, 3.63) is 52.8 Å². The fraction of sp³-hybridized carbons (Fsp3) is 0.421. The molecule has 3 rings (SSSR count). The summed E-state index contributed by atoms with van der Waals surface area (Å²) >= 11 is 5.80. The van der Waals surface area contributed by atoms with Crippen LogP contribution >= 0.6 is 11.6 Å². The van der Waals surface area contributed by atoms with Gasteiger partial charge in [-0.1, -0.05) is 17.7 Å². The molecule has 2 aromatic rings. The number of nitrogens with zero attached hydrogens (tertiary/aromatic N) is 1. The number of hydrogen-bond donors (Lipinski definition) is 1. The minimum absolute atomic E-state index is 0. The van der Waals surface area contributed by atoms with Gasteiger partial charge >= 0.3 is 0 Å². The average Bonchev–Trinajstić information content (AvgIpc) is 3.13. The number of hydrogen-bond acceptors (Lipinski definition) is 3. The highest BCUT2D eigenvalue weighted by molar-refractivity contribution is 6.29. The van der Waals surface area contributed by atoms with Gasteiger partial charge in [0.05, 0.1) is 13.2 Å². The van der Waals surface area contributed by atoms with E-state index in [-0.39, 0.29) is 12.4 Å². The first-order valence-corrected chi connectivity index (χ1v) is 8.86. The molecule has 6 heteroatoms. The second kappa shape index (κ2) is 9.85. The number of nitrogens with two attached hydrogens (primary N) is 1. The third kappa shape index (κ3) is 5.77. The van der Waals surface area contributed by atoms with Crippen LogP contribution in [0.25, 0.3) is 0 Å². The smallest absolute Gasteiger partial charge is 0.161 e. The van der Waals surface area contributed by atoms with E-state index in [1.807, 2.05) is 12.1 Å². The van der Waals surface area contributed by atoms with Crippen LogP contribution in [-0.4, -0.2) is 18.1 Å². The minimum Gasteiger partial charge on any atom is -1.00 e. The van der Waals surface area contributed by atoms with Gasteiger partial charge in [0.25, 0.3) is 0 Å². The Balaban J connectivity index is 0.00000225. The normalized spacial score (nSPS) is 14.2. The molecular weight excluding hydrogens is 359 g/mol. The molecule has 0 amide bonds. The van der Waals surface area contributed by atoms with E-state index in [0.29, 0.717) is 11.8 Å². The number of rotatable bonds is 7. The van der Waals surface area contributed by atoms with Gasteiger partial charge in [-0.2, -0.15) is 0 Å². The van der Waals surface area contributed by atoms with Crippen molar-refractivity contribution >= 4 is 11.6 Å². The summed E-state index contributed by atoms with van der Waals surface area (Å²) in [6.45, 7) is 1.43. The molecule has 0 bridgehead atoms. The maximum Gasteiger partial charge on any atom is 0.161 e. The van der Waals surface area contributed by atoms with Crippen LogP contribution in [0, 0.1) is 0 Å². The summed E-state index contributed by atoms with van der Waals surface area (Å²) in [5.74, 6) is 1.52. The summed E-state index contributed by atoms with van der Waals surface area (Å²) in [7, 11) is 1.68. The van der Waals surface area contributed by atoms with Crippen LogP contribution in [0.5, 0.6) is 11.5 Å². The van der Waals surface area contributed by atoms with Crippen LogP contribution in [0.15, 0.2) is 36.5 Å². The number of methoxy groups -OCH3 is 1. The summed E-state index contributed by atoms with van der Waals surface area (Å²) in [6.07, 6.45) is 7.15. The molecule has 2 N–H and O–H groups in total. The van der Waals surface area contributed by atoms with Crippen LogP contribution in [0.4, 0.5) is 0 Å². The molecule has 0 spiro atoms. The lowest BCUT2D eigenvalue weighted by Gasteiger charge is -2.13. The Morgan fingerprint density at radius 2 is 1.88 bits per heavy atom. The molecular formula is C19H24Cl2N2O2. The largest absolute Gasteiger partial charge is 1.00 e. The average molecular weight is 383 g/mol. The first-order chi connectivity index (χ1) is 11.7. The van der Waals surface area contributed by atoms with Gasteiger partial charge in [-0.25, -0.2) is 4.98 Å². The van der Waals surface area contributed by atoms with Crippen LogP contribution in [-0.2, 0) is 13.2 Å². The number of pyridine rings is 1. The molecule has 1 aliphatic carbocycles. The molecule has 1 aromatic carbocycles. The quantitative estimate of drug-likeness (QED) is 0.702. The third-order valence-electron chi connectivity index (χ3n) is 4.50. The van der Waals surface area contributed by atoms with Gasteiger partial charge in [0.15, 0.2) is 11.5 Å². The molecule has 0 unspecified atom stereocenters. The summed E-state index contributed by atoms with van der Waals surface area (Å²) in [5.41, 5.74) is 2.24. The molecule has 0 aliphatic heterocycles. The monoisotopic (exact) mass is 382 g/mol. The molecule has 0 atom stereocenters. The lowest BCUT2D eigenvalue weighted by atomic mass is 10.1. The van der Waals surface area contributed by atoms with Gasteiger partial charge in [0, 0.05) is 17.3 Å². The Bertz CT molecular complexity index is 659. The van der Waals surface area contributed by atoms with Gasteiger partial charge < -0.3 is 27.2 Å². The highest BCUT2D eigenvalue weighted by Crippen LogP contribution is 2.28. The Kier molecular flexibility index (Phi) is 7.82. The lowest BCUT2D eigenvalue weighted by molar-refractivity contribution is -0.703. The van der Waals surface area contributed by atoms with Crippen molar-refractivity contribution in [1.29, 1.82) is 0 Å². The van der Waals surface area contributed by atoms with E-state index >= 15 is 0 Å². The zero-order chi connectivity index (χ0) is 16.8. The zero-order valence-corrected chi connectivity index (χ0v) is 15.9. The molecule has 1 saturated carbocycles. The predicted molar refractivity (Wildman–Crippen MR) is 94.5 cm³/mol. The van der Waals surface area contributed by atoms with Crippen molar-refractivity contribution in [2.24, 2.45) is 0 Å². The topological polar surface area (TPSA) is 48.0 Å². The molecule has 25 heavy (non-hydrogen) atoms. The molecule has 1 fully saturated rings. The number of halogens is 2. The van der Waals surface area contributed by atoms with E-state index < -0.39 is 0 Å². The molecule has 1 heterocycles. The summed E-state index contributed by atoms with van der Waals surface area (Å²) in [4.78, 5) is 4.06. The summed E-state index contributed by atoms with van der Waals surface area (Å²) < 4.78 is 11.4. The predicted octanol–water partition coefficient (Wildman–Crippen LogP) is 0.333. The Morgan fingerprint density at radius 1 is 1.12 bits per heavy atom. The number of aromatic nitrogens is 1. The Hall–Kier alpha value is -1.49. The molecule has 136 valence electrons. The van der Waals surface area contributed by atoms with Crippen LogP contribution in [0.3, 0.4) is 0 Å². The second-order valence-electron chi connectivity index (χ2n) is 6.25. The standard InChI is InChI=1S/C19H23ClN2O2.ClH/c1-23-18-10-14(11-21-16-4-2-3-5-16)6-8-17(18)24-13-15-7-9-19(20)22-12-15;/h6-10,12,16,21H,2-5,11,13H2,1H3;1H. The van der Waals surface area contributed by atoms with Crippen molar-refractivity contribution in [3.63, 3.8) is 0 Å². The lowest BCUT2D eigenvalue weighted by Crippen LogP contribution is -3.00. The number of quaternary nitrogens is 1. The van der Waals surface area contributed by atoms with E-state index in [1.54, 1.807) is 19.4 Å². The van der Waals surface area contributed by atoms with E-state index in [1.165, 1.54) is 31.2 Å². The summed E-state index contributed by atoms with van der Waals surface area (Å²) in [5, 5.41) is 2.93. The van der Waals surface area contributed by atoms with Crippen LogP contribution < -0.4 is 27.2 Å². The van der Waals surface area contributed by atoms with E-state index in [4.69, 9.17) is 21.1 Å². The maximum absolute atomic E-state index is 5.87. The van der Waals surface area contributed by atoms with Gasteiger partial charge in [-0.15, -0.1) is 0 Å². The van der Waals surface area contributed by atoms with Crippen molar-refractivity contribution in [2.75, 3.05) is 7.11 Å². The van der Waals surface area contributed by atoms with Crippen LogP contribution in [0.2, 0.25) is 5.15 Å². The first kappa shape index (κ1) is 19.8. The van der Waals surface area contributed by atoms with E-state index in [0.717, 1.165) is 29.6 Å². The molecule has 0 radical (unpaired) electrons. The van der Waals surface area contributed by atoms with Crippen molar-refractivity contribution in [2.45, 2.75) is 44.9 Å². The van der Waals surface area contributed by atoms with E-state index in [9.17, 15) is 0 Å². The minimum atomic E-state index is 0. The fourth-order valence-electron chi connectivity index (χ4n) is 3.11. The maximum atomic E-state index is 5.87. The summed E-state index contributed by atoms with van der Waals surface area (Å²) in [6, 6.07) is 10.6. The number of benzene rings is 1.